The summed E-state index contributed by atoms with van der Waals surface area (Å²) in [6, 6.07) is 0. The topological polar surface area (TPSA) is 58.4 Å². The van der Waals surface area contributed by atoms with Gasteiger partial charge in [-0.2, -0.15) is 0 Å². The van der Waals surface area contributed by atoms with Crippen LogP contribution < -0.4 is 5.32 Å². The van der Waals surface area contributed by atoms with Crippen LogP contribution in [0, 0.1) is 12.3 Å². The van der Waals surface area contributed by atoms with Gasteiger partial charge in [0, 0.05) is 18.7 Å². The summed E-state index contributed by atoms with van der Waals surface area (Å²) in [5, 5.41) is 6.97. The van der Waals surface area contributed by atoms with Crippen LogP contribution in [0.5, 0.6) is 0 Å². The molecule has 0 spiro atoms. The predicted octanol–water partition coefficient (Wildman–Crippen LogP) is 3.41. The maximum Gasteiger partial charge on any atom is 0.273 e. The number of aromatic nitrogens is 1. The van der Waals surface area contributed by atoms with E-state index in [1.807, 2.05) is 6.92 Å². The van der Waals surface area contributed by atoms with Gasteiger partial charge in [-0.3, -0.25) is 4.79 Å². The van der Waals surface area contributed by atoms with Crippen LogP contribution in [-0.4, -0.2) is 42.6 Å². The van der Waals surface area contributed by atoms with Gasteiger partial charge in [0.05, 0.1) is 4.43 Å². The summed E-state index contributed by atoms with van der Waals surface area (Å²) < 4.78 is 5.93. The third-order valence-electron chi connectivity index (χ3n) is 4.63. The van der Waals surface area contributed by atoms with E-state index in [2.05, 4.69) is 65.8 Å². The molecule has 0 atom stereocenters. The van der Waals surface area contributed by atoms with Crippen LogP contribution in [0.4, 0.5) is 0 Å². The summed E-state index contributed by atoms with van der Waals surface area (Å²) >= 11 is 2.21. The van der Waals surface area contributed by atoms with Gasteiger partial charge in [0.2, 0.25) is 0 Å². The van der Waals surface area contributed by atoms with Gasteiger partial charge in [-0.05, 0) is 38.8 Å². The highest BCUT2D eigenvalue weighted by Gasteiger charge is 2.29. The lowest BCUT2D eigenvalue weighted by atomic mass is 9.81. The number of carbonyl (C=O) groups is 1. The molecule has 1 aromatic heterocycles. The van der Waals surface area contributed by atoms with Crippen LogP contribution in [0.2, 0.25) is 0 Å². The molecule has 0 saturated carbocycles. The highest BCUT2D eigenvalue weighted by Crippen LogP contribution is 2.27. The second-order valence-electron chi connectivity index (χ2n) is 5.93. The van der Waals surface area contributed by atoms with E-state index in [0.717, 1.165) is 41.7 Å². The SMILES string of the molecule is CCN(C)CC(CC)(CC)CNC(=O)c1noc(CI)c1C. The van der Waals surface area contributed by atoms with Crippen molar-refractivity contribution < 1.29 is 9.32 Å². The molecule has 1 heterocycles. The molecule has 0 aliphatic heterocycles. The normalized spacial score (nSPS) is 12.0. The summed E-state index contributed by atoms with van der Waals surface area (Å²) in [6.07, 6.45) is 2.07. The molecule has 0 bridgehead atoms. The fourth-order valence-electron chi connectivity index (χ4n) is 2.52. The molecular formula is C16H28IN3O2. The minimum atomic E-state index is -0.136. The molecule has 0 aromatic carbocycles. The first-order chi connectivity index (χ1) is 10.4. The number of hydrogen-bond donors (Lipinski definition) is 1. The maximum atomic E-state index is 12.4. The van der Waals surface area contributed by atoms with Crippen molar-refractivity contribution in [2.24, 2.45) is 5.41 Å². The summed E-state index contributed by atoms with van der Waals surface area (Å²) in [7, 11) is 2.12. The van der Waals surface area contributed by atoms with Gasteiger partial charge < -0.3 is 14.7 Å². The lowest BCUT2D eigenvalue weighted by Gasteiger charge is -2.35. The van der Waals surface area contributed by atoms with Gasteiger partial charge in [-0.1, -0.05) is 48.5 Å². The maximum absolute atomic E-state index is 12.4. The third kappa shape index (κ3) is 4.68. The number of halogens is 1. The largest absolute Gasteiger partial charge is 0.359 e. The Balaban J connectivity index is 2.75. The molecule has 0 aliphatic carbocycles. The van der Waals surface area contributed by atoms with Crippen LogP contribution in [0.1, 0.15) is 55.4 Å². The quantitative estimate of drug-likeness (QED) is 0.491. The smallest absolute Gasteiger partial charge is 0.273 e. The van der Waals surface area contributed by atoms with Crippen molar-refractivity contribution in [2.45, 2.75) is 45.0 Å². The second-order valence-corrected chi connectivity index (χ2v) is 6.70. The van der Waals surface area contributed by atoms with E-state index in [4.69, 9.17) is 4.52 Å². The Hall–Kier alpha value is -0.630. The van der Waals surface area contributed by atoms with E-state index in [-0.39, 0.29) is 11.3 Å². The van der Waals surface area contributed by atoms with E-state index in [1.54, 1.807) is 0 Å². The summed E-state index contributed by atoms with van der Waals surface area (Å²) in [5.74, 6) is 0.636. The van der Waals surface area contributed by atoms with E-state index in [9.17, 15) is 4.79 Å². The van der Waals surface area contributed by atoms with Gasteiger partial charge in [0.25, 0.3) is 5.91 Å². The second kappa shape index (κ2) is 8.86. The van der Waals surface area contributed by atoms with Crippen molar-refractivity contribution in [3.05, 3.63) is 17.0 Å². The van der Waals surface area contributed by atoms with Crippen molar-refractivity contribution in [1.29, 1.82) is 0 Å². The Morgan fingerprint density at radius 1 is 1.36 bits per heavy atom. The molecule has 0 unspecified atom stereocenters. The molecule has 1 rings (SSSR count). The number of amides is 1. The fraction of sp³-hybridized carbons (Fsp3) is 0.750. The van der Waals surface area contributed by atoms with E-state index in [0.29, 0.717) is 12.2 Å². The number of nitrogens with zero attached hydrogens (tertiary/aromatic N) is 2. The minimum absolute atomic E-state index is 0.101. The molecule has 0 fully saturated rings. The van der Waals surface area contributed by atoms with Gasteiger partial charge in [-0.15, -0.1) is 0 Å². The molecule has 1 N–H and O–H groups in total. The lowest BCUT2D eigenvalue weighted by Crippen LogP contribution is -2.44. The van der Waals surface area contributed by atoms with Crippen molar-refractivity contribution in [3.63, 3.8) is 0 Å². The average molecular weight is 421 g/mol. The van der Waals surface area contributed by atoms with Crippen LogP contribution in [-0.2, 0) is 4.43 Å². The van der Waals surface area contributed by atoms with Crippen molar-refractivity contribution in [3.8, 4) is 0 Å². The molecule has 1 amide bonds. The highest BCUT2D eigenvalue weighted by molar-refractivity contribution is 14.1. The number of alkyl halides is 1. The monoisotopic (exact) mass is 421 g/mol. The van der Waals surface area contributed by atoms with Crippen molar-refractivity contribution >= 4 is 28.5 Å². The first kappa shape index (κ1) is 19.4. The Morgan fingerprint density at radius 3 is 2.45 bits per heavy atom. The Kier molecular flexibility index (Phi) is 7.82. The predicted molar refractivity (Wildman–Crippen MR) is 97.5 cm³/mol. The molecule has 1 aromatic rings. The van der Waals surface area contributed by atoms with Crippen molar-refractivity contribution in [2.75, 3.05) is 26.7 Å². The van der Waals surface area contributed by atoms with Crippen LogP contribution >= 0.6 is 22.6 Å². The first-order valence-corrected chi connectivity index (χ1v) is 9.43. The molecule has 126 valence electrons. The third-order valence-corrected chi connectivity index (χ3v) is 5.32. The Morgan fingerprint density at radius 2 is 2.00 bits per heavy atom. The van der Waals surface area contributed by atoms with E-state index >= 15 is 0 Å². The summed E-state index contributed by atoms with van der Waals surface area (Å²) in [6.45, 7) is 11.1. The number of nitrogens with one attached hydrogen (secondary N) is 1. The Bertz CT molecular complexity index is 484. The van der Waals surface area contributed by atoms with Crippen LogP contribution in [0.25, 0.3) is 0 Å². The van der Waals surface area contributed by atoms with Crippen LogP contribution in [0.3, 0.4) is 0 Å². The molecule has 5 nitrogen and oxygen atoms in total. The molecular weight excluding hydrogens is 393 g/mol. The minimum Gasteiger partial charge on any atom is -0.359 e. The highest BCUT2D eigenvalue weighted by atomic mass is 127. The Labute approximate surface area is 147 Å². The molecule has 6 heteroatoms. The van der Waals surface area contributed by atoms with Crippen LogP contribution in [0.15, 0.2) is 4.52 Å². The zero-order valence-electron chi connectivity index (χ0n) is 14.3. The molecule has 0 saturated heterocycles. The number of hydrogen-bond acceptors (Lipinski definition) is 4. The van der Waals surface area contributed by atoms with E-state index < -0.39 is 0 Å². The average Bonchev–Trinajstić information content (AvgIpc) is 2.91. The number of rotatable bonds is 9. The molecule has 22 heavy (non-hydrogen) atoms. The lowest BCUT2D eigenvalue weighted by molar-refractivity contribution is 0.0894. The fourth-order valence-corrected chi connectivity index (χ4v) is 3.23. The zero-order chi connectivity index (χ0) is 16.8. The first-order valence-electron chi connectivity index (χ1n) is 7.90. The summed E-state index contributed by atoms with van der Waals surface area (Å²) in [4.78, 5) is 14.7. The van der Waals surface area contributed by atoms with Gasteiger partial charge in [0.1, 0.15) is 5.76 Å². The van der Waals surface area contributed by atoms with E-state index in [1.165, 1.54) is 0 Å². The van der Waals surface area contributed by atoms with Gasteiger partial charge in [0.15, 0.2) is 5.69 Å². The number of carbonyl (C=O) groups excluding carboxylic acids is 1. The summed E-state index contributed by atoms with van der Waals surface area (Å²) in [5.41, 5.74) is 1.36. The van der Waals surface area contributed by atoms with Gasteiger partial charge in [-0.25, -0.2) is 0 Å². The zero-order valence-corrected chi connectivity index (χ0v) is 16.5. The van der Waals surface area contributed by atoms with Crippen molar-refractivity contribution in [1.82, 2.24) is 15.4 Å². The van der Waals surface area contributed by atoms with Gasteiger partial charge >= 0.3 is 0 Å². The molecule has 0 aliphatic rings. The standard InChI is InChI=1S/C16H28IN3O2/c1-6-16(7-2,11-20(5)8-3)10-18-15(21)14-12(4)13(9-17)22-19-14/h6-11H2,1-5H3,(H,18,21). The molecule has 0 radical (unpaired) electrons.